The SMILES string of the molecule is C[C@@H](O)C1NC(=O)[C@H](CCCCN)NC(=O)[C@@H](Cc2c[nH]c3ccccc23)NC(=O)[C@H](Cc2ccc(O)cc2)NC(=O)[C@H](CC(=O)NCCCCCCNC(=O)CN2CCN(CC(=O)O)CCN(CC(=O)O)CCN(CC(=O)O)CC2)N(C)C(=O)[C@H](Cc2ccccc2)NC1=O. The molecule has 1 unspecified atom stereocenters. The second-order valence-electron chi connectivity index (χ2n) is 24.4. The van der Waals surface area contributed by atoms with E-state index in [4.69, 9.17) is 5.73 Å². The van der Waals surface area contributed by atoms with Crippen LogP contribution in [0, 0.1) is 0 Å². The molecule has 0 spiro atoms. The predicted molar refractivity (Wildman–Crippen MR) is 353 cm³/mol. The molecule has 0 radical (unpaired) electrons. The fourth-order valence-corrected chi connectivity index (χ4v) is 11.5. The number of carbonyl (C=O) groups is 11. The first-order chi connectivity index (χ1) is 46.0. The maximum atomic E-state index is 15.1. The van der Waals surface area contributed by atoms with E-state index in [1.807, 2.05) is 23.1 Å². The molecule has 0 aliphatic carbocycles. The van der Waals surface area contributed by atoms with Crippen LogP contribution in [0.25, 0.3) is 10.9 Å². The van der Waals surface area contributed by atoms with Gasteiger partial charge in [-0.05, 0) is 80.5 Å². The third-order valence-electron chi connectivity index (χ3n) is 16.9. The molecular weight excluding hydrogens is 1240 g/mol. The van der Waals surface area contributed by atoms with Crippen molar-refractivity contribution in [2.75, 3.05) is 105 Å². The van der Waals surface area contributed by atoms with Crippen LogP contribution in [0.3, 0.4) is 0 Å². The highest BCUT2D eigenvalue weighted by atomic mass is 16.4. The molecule has 6 rings (SSSR count). The summed E-state index contributed by atoms with van der Waals surface area (Å²) >= 11 is 0. The number of H-pyrrole nitrogens is 1. The van der Waals surface area contributed by atoms with E-state index in [1.165, 1.54) is 38.2 Å². The molecule has 2 aliphatic heterocycles. The fourth-order valence-electron chi connectivity index (χ4n) is 11.5. The van der Waals surface area contributed by atoms with Gasteiger partial charge in [0.15, 0.2) is 0 Å². The number of fused-ring (bicyclic) bond motifs is 1. The Bertz CT molecular complexity index is 3210. The third kappa shape index (κ3) is 25.6. The monoisotopic (exact) mass is 1340 g/mol. The smallest absolute Gasteiger partial charge is 0.317 e. The number of aliphatic hydroxyl groups excluding tert-OH is 1. The van der Waals surface area contributed by atoms with E-state index in [9.17, 15) is 68.7 Å². The number of aromatic nitrogens is 1. The predicted octanol–water partition coefficient (Wildman–Crippen LogP) is -1.67. The summed E-state index contributed by atoms with van der Waals surface area (Å²) in [5, 5.41) is 70.0. The number of nitrogens with one attached hydrogen (secondary N) is 8. The Labute approximate surface area is 557 Å². The van der Waals surface area contributed by atoms with Crippen molar-refractivity contribution in [3.05, 3.63) is 102 Å². The van der Waals surface area contributed by atoms with Crippen molar-refractivity contribution in [3.8, 4) is 5.75 Å². The van der Waals surface area contributed by atoms with Gasteiger partial charge in [0.2, 0.25) is 47.3 Å². The van der Waals surface area contributed by atoms with Gasteiger partial charge in [-0.3, -0.25) is 72.3 Å². The van der Waals surface area contributed by atoms with Crippen molar-refractivity contribution in [2.24, 2.45) is 5.73 Å². The van der Waals surface area contributed by atoms with Gasteiger partial charge in [-0.25, -0.2) is 0 Å². The third-order valence-corrected chi connectivity index (χ3v) is 16.9. The summed E-state index contributed by atoms with van der Waals surface area (Å²) in [5.41, 5.74) is 8.19. The lowest BCUT2D eigenvalue weighted by molar-refractivity contribution is -0.145. The Morgan fingerprint density at radius 2 is 1.00 bits per heavy atom. The van der Waals surface area contributed by atoms with Gasteiger partial charge in [0.1, 0.15) is 42.0 Å². The topological polar surface area (TPSA) is 431 Å². The molecule has 0 bridgehead atoms. The Balaban J connectivity index is 1.19. The zero-order valence-electron chi connectivity index (χ0n) is 54.5. The van der Waals surface area contributed by atoms with Crippen LogP contribution >= 0.6 is 0 Å². The van der Waals surface area contributed by atoms with Crippen molar-refractivity contribution < 1.29 is 78.3 Å². The first-order valence-electron chi connectivity index (χ1n) is 32.6. The largest absolute Gasteiger partial charge is 0.508 e. The minimum Gasteiger partial charge on any atom is -0.508 e. The number of hydrogen-bond acceptors (Lipinski definition) is 18. The number of carbonyl (C=O) groups excluding carboxylic acids is 8. The summed E-state index contributed by atoms with van der Waals surface area (Å²) in [6.07, 6.45) is 1.99. The second kappa shape index (κ2) is 39.1. The molecule has 8 amide bonds. The number of aromatic hydroxyl groups is 1. The van der Waals surface area contributed by atoms with Crippen LogP contribution in [0.15, 0.2) is 85.1 Å². The van der Waals surface area contributed by atoms with Crippen molar-refractivity contribution in [2.45, 2.75) is 120 Å². The molecular formula is C66H94N14O16. The van der Waals surface area contributed by atoms with E-state index in [2.05, 4.69) is 42.2 Å². The number of carboxylic acid groups (broad SMARTS) is 3. The van der Waals surface area contributed by atoms with Crippen molar-refractivity contribution in [1.29, 1.82) is 0 Å². The zero-order valence-corrected chi connectivity index (χ0v) is 54.5. The number of amides is 8. The van der Waals surface area contributed by atoms with Crippen LogP contribution in [0.1, 0.15) is 75.0 Å². The van der Waals surface area contributed by atoms with Crippen LogP contribution in [-0.2, 0) is 72.0 Å². The lowest BCUT2D eigenvalue weighted by Crippen LogP contribution is -2.63. The quantitative estimate of drug-likeness (QED) is 0.0283. The molecule has 1 aromatic heterocycles. The van der Waals surface area contributed by atoms with Crippen LogP contribution in [-0.4, -0.2) is 268 Å². The maximum absolute atomic E-state index is 15.1. The molecule has 2 saturated heterocycles. The number of unbranched alkanes of at least 4 members (excludes halogenated alkanes) is 4. The Hall–Kier alpha value is -9.07. The first-order valence-corrected chi connectivity index (χ1v) is 32.6. The molecule has 3 aromatic carbocycles. The Morgan fingerprint density at radius 1 is 0.531 bits per heavy atom. The number of aliphatic carboxylic acids is 3. The number of para-hydroxylation sites is 1. The number of hydrogen-bond donors (Lipinski definition) is 14. The molecule has 30 nitrogen and oxygen atoms in total. The van der Waals surface area contributed by atoms with Gasteiger partial charge in [-0.15, -0.1) is 0 Å². The minimum atomic E-state index is -1.69. The highest BCUT2D eigenvalue weighted by Gasteiger charge is 2.39. The number of nitrogens with two attached hydrogens (primary N) is 1. The van der Waals surface area contributed by atoms with E-state index in [1.54, 1.807) is 57.3 Å². The van der Waals surface area contributed by atoms with Gasteiger partial charge in [-0.2, -0.15) is 0 Å². The van der Waals surface area contributed by atoms with Crippen LogP contribution in [0.5, 0.6) is 5.75 Å². The first kappa shape index (κ1) is 76.0. The summed E-state index contributed by atoms with van der Waals surface area (Å²) in [6, 6.07) is 12.6. The fraction of sp³-hybridized carbons (Fsp3) is 0.530. The van der Waals surface area contributed by atoms with Gasteiger partial charge < -0.3 is 78.4 Å². The molecule has 7 atom stereocenters. The van der Waals surface area contributed by atoms with Gasteiger partial charge in [0.25, 0.3) is 0 Å². The normalized spacial score (nSPS) is 21.2. The second-order valence-corrected chi connectivity index (χ2v) is 24.4. The molecule has 3 heterocycles. The molecule has 2 aliphatic rings. The summed E-state index contributed by atoms with van der Waals surface area (Å²) in [4.78, 5) is 162. The number of aromatic amines is 1. The highest BCUT2D eigenvalue weighted by Crippen LogP contribution is 2.21. The number of likely N-dealkylation sites (N-methyl/N-ethyl adjacent to an activating group) is 1. The number of benzene rings is 3. The summed E-state index contributed by atoms with van der Waals surface area (Å²) in [6.45, 7) is 2.95. The van der Waals surface area contributed by atoms with E-state index < -0.39 is 108 Å². The number of phenolic OH excluding ortho intramolecular Hbond substituents is 1. The lowest BCUT2D eigenvalue weighted by Gasteiger charge is -2.33. The average Bonchev–Trinajstić information content (AvgIpc) is 1.61. The van der Waals surface area contributed by atoms with E-state index in [0.717, 1.165) is 15.8 Å². The van der Waals surface area contributed by atoms with Crippen LogP contribution in [0.2, 0.25) is 0 Å². The van der Waals surface area contributed by atoms with E-state index >= 15 is 9.59 Å². The molecule has 0 saturated carbocycles. The summed E-state index contributed by atoms with van der Waals surface area (Å²) in [7, 11) is 1.27. The molecule has 2 fully saturated rings. The summed E-state index contributed by atoms with van der Waals surface area (Å²) < 4.78 is 0. The Kier molecular flexibility index (Phi) is 30.9. The molecule has 30 heteroatoms. The highest BCUT2D eigenvalue weighted by molar-refractivity contribution is 6.00. The zero-order chi connectivity index (χ0) is 69.7. The van der Waals surface area contributed by atoms with Crippen molar-refractivity contribution in [3.63, 3.8) is 0 Å². The number of carboxylic acids is 3. The number of aliphatic hydroxyl groups is 1. The lowest BCUT2D eigenvalue weighted by atomic mass is 9.99. The van der Waals surface area contributed by atoms with Gasteiger partial charge in [0.05, 0.1) is 38.7 Å². The summed E-state index contributed by atoms with van der Waals surface area (Å²) in [5.74, 6) is -9.59. The van der Waals surface area contributed by atoms with Crippen molar-refractivity contribution >= 4 is 76.1 Å². The number of phenols is 1. The Morgan fingerprint density at radius 3 is 1.55 bits per heavy atom. The minimum absolute atomic E-state index is 0.0267. The molecule has 15 N–H and O–H groups in total. The van der Waals surface area contributed by atoms with Gasteiger partial charge in [0, 0.05) is 109 Å². The van der Waals surface area contributed by atoms with E-state index in [0.29, 0.717) is 61.8 Å². The molecule has 524 valence electrons. The van der Waals surface area contributed by atoms with Crippen molar-refractivity contribution in [1.82, 2.24) is 66.7 Å². The van der Waals surface area contributed by atoms with Gasteiger partial charge in [-0.1, -0.05) is 73.5 Å². The maximum Gasteiger partial charge on any atom is 0.317 e. The van der Waals surface area contributed by atoms with Gasteiger partial charge >= 0.3 is 17.9 Å². The molecule has 96 heavy (non-hydrogen) atoms. The molecule has 4 aromatic rings. The van der Waals surface area contributed by atoms with Crippen LogP contribution in [0.4, 0.5) is 0 Å². The van der Waals surface area contributed by atoms with Crippen LogP contribution < -0.4 is 43.0 Å². The average molecular weight is 1340 g/mol. The standard InChI is InChI=1S/C66H94N14O16/c1-43(81)60-65(95)74-53(35-44-14-6-5-7-15-44)66(96)76(2)54(37-55(83)68-24-12-3-4-13-25-69-56(84)39-77-26-28-78(40-57(85)86)30-32-80(42-59(89)90)33-31-79(29-27-77)41-58(87)88)64(94)73-51(34-45-19-21-47(82)22-20-45)62(92)72-52(36-46-38-70-49-17-9-8-16-48(46)49)63(93)71-50(61(91)75-60)18-10-11-23-67/h5-9,14-17,19-22,38,43,50-54,60,70,81-82H,3-4,10-13,18,23-37,39-42,67H2,1-2H3,(H,68,83)(H,69,84)(H,71,93)(H,72,92)(H,73,94)(H,74,95)(H,75,91)(H,85,86)(H,87,88)(H,89,90)/t43-,50+,51+,52-,53+,54+,60?/m1/s1. The van der Waals surface area contributed by atoms with E-state index in [-0.39, 0.29) is 129 Å². The number of rotatable bonds is 28. The number of nitrogens with zero attached hydrogens (tertiary/aromatic N) is 5.